The number of aliphatic hydroxyl groups excluding tert-OH is 1. The van der Waals surface area contributed by atoms with Gasteiger partial charge in [-0.25, -0.2) is 0 Å². The first-order valence-corrected chi connectivity index (χ1v) is 4.98. The molecule has 0 radical (unpaired) electrons. The fourth-order valence-corrected chi connectivity index (χ4v) is 1.42. The Balaban J connectivity index is 2.18. The molecule has 1 N–H and O–H groups in total. The molecule has 0 fully saturated rings. The second kappa shape index (κ2) is 6.33. The van der Waals surface area contributed by atoms with Crippen LogP contribution in [0.2, 0.25) is 0 Å². The first kappa shape index (κ1) is 10.9. The molecule has 14 heavy (non-hydrogen) atoms. The molecule has 2 heteroatoms. The van der Waals surface area contributed by atoms with E-state index in [-0.39, 0.29) is 6.42 Å². The van der Waals surface area contributed by atoms with E-state index in [0.29, 0.717) is 6.42 Å². The zero-order valence-electron chi connectivity index (χ0n) is 8.23. The van der Waals surface area contributed by atoms with Crippen LogP contribution in [0.1, 0.15) is 24.8 Å². The Morgan fingerprint density at radius 3 is 2.64 bits per heavy atom. The average Bonchev–Trinajstić information content (AvgIpc) is 2.20. The highest BCUT2D eigenvalue weighted by atomic mass is 16.3. The van der Waals surface area contributed by atoms with Gasteiger partial charge in [-0.1, -0.05) is 30.3 Å². The Hall–Kier alpha value is -1.15. The normalized spacial score (nSPS) is 12.4. The van der Waals surface area contributed by atoms with E-state index < -0.39 is 6.10 Å². The van der Waals surface area contributed by atoms with Gasteiger partial charge in [0.25, 0.3) is 0 Å². The number of aldehydes is 1. The van der Waals surface area contributed by atoms with Gasteiger partial charge in [0.1, 0.15) is 6.29 Å². The van der Waals surface area contributed by atoms with Crippen molar-refractivity contribution < 1.29 is 9.90 Å². The van der Waals surface area contributed by atoms with E-state index in [2.05, 4.69) is 12.1 Å². The highest BCUT2D eigenvalue weighted by Crippen LogP contribution is 2.07. The van der Waals surface area contributed by atoms with E-state index in [9.17, 15) is 9.90 Å². The number of hydrogen-bond donors (Lipinski definition) is 1. The van der Waals surface area contributed by atoms with Gasteiger partial charge in [-0.05, 0) is 24.8 Å². The molecule has 0 amide bonds. The van der Waals surface area contributed by atoms with Gasteiger partial charge in [-0.2, -0.15) is 0 Å². The number of benzene rings is 1. The summed E-state index contributed by atoms with van der Waals surface area (Å²) in [6.45, 7) is 0. The van der Waals surface area contributed by atoms with Crippen LogP contribution in [0.3, 0.4) is 0 Å². The van der Waals surface area contributed by atoms with Crippen molar-refractivity contribution in [1.29, 1.82) is 0 Å². The maximum Gasteiger partial charge on any atom is 0.122 e. The molecule has 1 unspecified atom stereocenters. The third-order valence-electron chi connectivity index (χ3n) is 2.21. The molecule has 76 valence electrons. The van der Waals surface area contributed by atoms with E-state index in [1.165, 1.54) is 5.56 Å². The van der Waals surface area contributed by atoms with Crippen molar-refractivity contribution in [2.45, 2.75) is 31.8 Å². The highest BCUT2D eigenvalue weighted by Gasteiger charge is 2.02. The summed E-state index contributed by atoms with van der Waals surface area (Å²) in [5, 5.41) is 9.30. The van der Waals surface area contributed by atoms with Crippen LogP contribution in [0.4, 0.5) is 0 Å². The summed E-state index contributed by atoms with van der Waals surface area (Å²) in [6.07, 6.45) is 3.17. The number of hydrogen-bond acceptors (Lipinski definition) is 2. The van der Waals surface area contributed by atoms with Crippen molar-refractivity contribution in [3.05, 3.63) is 35.9 Å². The van der Waals surface area contributed by atoms with Crippen molar-refractivity contribution in [3.63, 3.8) is 0 Å². The number of carbonyl (C=O) groups is 1. The lowest BCUT2D eigenvalue weighted by Crippen LogP contribution is -2.07. The molecule has 0 bridgehead atoms. The summed E-state index contributed by atoms with van der Waals surface area (Å²) in [4.78, 5) is 10.1. The van der Waals surface area contributed by atoms with Gasteiger partial charge in [0, 0.05) is 6.42 Å². The quantitative estimate of drug-likeness (QED) is 0.699. The molecule has 1 aromatic rings. The van der Waals surface area contributed by atoms with Crippen LogP contribution < -0.4 is 0 Å². The molecule has 1 atom stereocenters. The highest BCUT2D eigenvalue weighted by molar-refractivity contribution is 5.49. The number of aryl methyl sites for hydroxylation is 1. The Bertz CT molecular complexity index is 256. The van der Waals surface area contributed by atoms with Gasteiger partial charge in [0.05, 0.1) is 6.10 Å². The fourth-order valence-electron chi connectivity index (χ4n) is 1.42. The molecule has 0 aliphatic carbocycles. The van der Waals surface area contributed by atoms with E-state index in [4.69, 9.17) is 0 Å². The van der Waals surface area contributed by atoms with Crippen molar-refractivity contribution in [1.82, 2.24) is 0 Å². The lowest BCUT2D eigenvalue weighted by atomic mass is 10.1. The van der Waals surface area contributed by atoms with Crippen LogP contribution in [-0.2, 0) is 11.2 Å². The lowest BCUT2D eigenvalue weighted by Gasteiger charge is -2.06. The molecule has 0 aromatic heterocycles. The summed E-state index contributed by atoms with van der Waals surface area (Å²) in [5.74, 6) is 0. The van der Waals surface area contributed by atoms with Gasteiger partial charge < -0.3 is 9.90 Å². The molecule has 0 saturated carbocycles. The molecular weight excluding hydrogens is 176 g/mol. The number of carbonyl (C=O) groups excluding carboxylic acids is 1. The largest absolute Gasteiger partial charge is 0.393 e. The zero-order valence-corrected chi connectivity index (χ0v) is 8.23. The number of rotatable bonds is 6. The van der Waals surface area contributed by atoms with Crippen LogP contribution in [0.25, 0.3) is 0 Å². The van der Waals surface area contributed by atoms with Gasteiger partial charge in [-0.15, -0.1) is 0 Å². The molecule has 1 aromatic carbocycles. The van der Waals surface area contributed by atoms with E-state index >= 15 is 0 Å². The van der Waals surface area contributed by atoms with Crippen LogP contribution >= 0.6 is 0 Å². The van der Waals surface area contributed by atoms with Gasteiger partial charge in [0.2, 0.25) is 0 Å². The summed E-state index contributed by atoms with van der Waals surface area (Å²) in [7, 11) is 0. The predicted octanol–water partition coefficient (Wildman–Crippen LogP) is 1.96. The maximum absolute atomic E-state index is 10.1. The van der Waals surface area contributed by atoms with Gasteiger partial charge >= 0.3 is 0 Å². The topological polar surface area (TPSA) is 37.3 Å². The van der Waals surface area contributed by atoms with E-state index in [0.717, 1.165) is 19.1 Å². The first-order valence-electron chi connectivity index (χ1n) is 4.98. The van der Waals surface area contributed by atoms with Crippen molar-refractivity contribution in [2.24, 2.45) is 0 Å². The standard InChI is InChI=1S/C12H16O2/c13-10-9-12(14)8-4-7-11-5-2-1-3-6-11/h1-3,5-6,10,12,14H,4,7-9H2. The zero-order chi connectivity index (χ0) is 10.2. The minimum absolute atomic E-state index is 0.259. The summed E-state index contributed by atoms with van der Waals surface area (Å²) >= 11 is 0. The summed E-state index contributed by atoms with van der Waals surface area (Å²) in [5.41, 5.74) is 1.28. The molecule has 0 saturated heterocycles. The third kappa shape index (κ3) is 4.19. The Labute approximate surface area is 84.6 Å². The predicted molar refractivity (Wildman–Crippen MR) is 56.1 cm³/mol. The average molecular weight is 192 g/mol. The van der Waals surface area contributed by atoms with Crippen LogP contribution in [0.5, 0.6) is 0 Å². The SMILES string of the molecule is O=CCC(O)CCCc1ccccc1. The van der Waals surface area contributed by atoms with E-state index in [1.54, 1.807) is 0 Å². The monoisotopic (exact) mass is 192 g/mol. The fraction of sp³-hybridized carbons (Fsp3) is 0.417. The van der Waals surface area contributed by atoms with Crippen molar-refractivity contribution >= 4 is 6.29 Å². The first-order chi connectivity index (χ1) is 6.83. The van der Waals surface area contributed by atoms with Crippen molar-refractivity contribution in [3.8, 4) is 0 Å². The Kier molecular flexibility index (Phi) is 4.94. The second-order valence-corrected chi connectivity index (χ2v) is 3.43. The van der Waals surface area contributed by atoms with Crippen LogP contribution in [-0.4, -0.2) is 17.5 Å². The van der Waals surface area contributed by atoms with E-state index in [1.807, 2.05) is 18.2 Å². The molecule has 0 heterocycles. The molecule has 0 aliphatic heterocycles. The van der Waals surface area contributed by atoms with Gasteiger partial charge in [-0.3, -0.25) is 0 Å². The van der Waals surface area contributed by atoms with Gasteiger partial charge in [0.15, 0.2) is 0 Å². The third-order valence-corrected chi connectivity index (χ3v) is 2.21. The Morgan fingerprint density at radius 2 is 2.00 bits per heavy atom. The number of aliphatic hydroxyl groups is 1. The minimum atomic E-state index is -0.462. The summed E-state index contributed by atoms with van der Waals surface area (Å²) in [6, 6.07) is 10.2. The van der Waals surface area contributed by atoms with Crippen molar-refractivity contribution in [2.75, 3.05) is 0 Å². The molecule has 0 aliphatic rings. The molecule has 0 spiro atoms. The molecular formula is C12H16O2. The van der Waals surface area contributed by atoms with Crippen LogP contribution in [0, 0.1) is 0 Å². The minimum Gasteiger partial charge on any atom is -0.393 e. The lowest BCUT2D eigenvalue weighted by molar-refractivity contribution is -0.109. The Morgan fingerprint density at radius 1 is 1.29 bits per heavy atom. The van der Waals surface area contributed by atoms with Crippen LogP contribution in [0.15, 0.2) is 30.3 Å². The smallest absolute Gasteiger partial charge is 0.122 e. The molecule has 1 rings (SSSR count). The second-order valence-electron chi connectivity index (χ2n) is 3.43. The maximum atomic E-state index is 10.1. The molecule has 2 nitrogen and oxygen atoms in total. The summed E-state index contributed by atoms with van der Waals surface area (Å²) < 4.78 is 0.